The highest BCUT2D eigenvalue weighted by Gasteiger charge is 2.49. The highest BCUT2D eigenvalue weighted by molar-refractivity contribution is 6.06. The van der Waals surface area contributed by atoms with Crippen LogP contribution in [-0.2, 0) is 36.9 Å². The van der Waals surface area contributed by atoms with Crippen molar-refractivity contribution in [3.63, 3.8) is 0 Å². The molecular formula is C25H29NO5. The Labute approximate surface area is 183 Å². The van der Waals surface area contributed by atoms with E-state index in [9.17, 15) is 9.59 Å². The van der Waals surface area contributed by atoms with Crippen LogP contribution in [0.3, 0.4) is 0 Å². The Morgan fingerprint density at radius 2 is 1.81 bits per heavy atom. The summed E-state index contributed by atoms with van der Waals surface area (Å²) < 4.78 is 10.4. The molecule has 0 aliphatic heterocycles. The van der Waals surface area contributed by atoms with Gasteiger partial charge < -0.3 is 14.3 Å². The summed E-state index contributed by atoms with van der Waals surface area (Å²) in [5.41, 5.74) is 2.60. The van der Waals surface area contributed by atoms with Crippen LogP contribution in [0.5, 0.6) is 0 Å². The summed E-state index contributed by atoms with van der Waals surface area (Å²) in [7, 11) is 1.37. The lowest BCUT2D eigenvalue weighted by Gasteiger charge is -2.39. The number of carbonyl (C=O) groups is 2. The van der Waals surface area contributed by atoms with Crippen LogP contribution in [0.2, 0.25) is 0 Å². The second-order valence-electron chi connectivity index (χ2n) is 7.80. The molecule has 0 aromatic heterocycles. The van der Waals surface area contributed by atoms with E-state index in [1.807, 2.05) is 54.6 Å². The van der Waals surface area contributed by atoms with Gasteiger partial charge in [-0.3, -0.25) is 9.59 Å². The first-order valence-corrected chi connectivity index (χ1v) is 10.5. The molecule has 0 heterocycles. The fraction of sp³-hybridized carbons (Fsp3) is 0.400. The number of rotatable bonds is 8. The molecule has 2 unspecified atom stereocenters. The first-order chi connectivity index (χ1) is 15.0. The Balaban J connectivity index is 1.94. The standard InChI is InChI=1S/C25H29NO5/c1-4-30-24(28)25(18(2)26-31-17-19-10-6-5-7-11-19)15-20-12-8-9-13-22(20)21(16-25)14-23(27)29-3/h5-13,21H,4,14-17H2,1-3H3/b26-18-. The largest absolute Gasteiger partial charge is 0.469 e. The third-order valence-corrected chi connectivity index (χ3v) is 5.86. The van der Waals surface area contributed by atoms with Crippen LogP contribution in [0.4, 0.5) is 0 Å². The molecule has 6 heteroatoms. The number of esters is 2. The zero-order chi connectivity index (χ0) is 22.3. The molecule has 2 aromatic rings. The van der Waals surface area contributed by atoms with Gasteiger partial charge >= 0.3 is 11.9 Å². The molecule has 6 nitrogen and oxygen atoms in total. The lowest BCUT2D eigenvalue weighted by atomic mass is 9.64. The van der Waals surface area contributed by atoms with Gasteiger partial charge in [0.05, 0.1) is 25.8 Å². The molecular weight excluding hydrogens is 394 g/mol. The summed E-state index contributed by atoms with van der Waals surface area (Å²) in [4.78, 5) is 30.9. The minimum atomic E-state index is -1.00. The molecule has 0 saturated carbocycles. The van der Waals surface area contributed by atoms with E-state index in [4.69, 9.17) is 14.3 Å². The number of methoxy groups -OCH3 is 1. The zero-order valence-corrected chi connectivity index (χ0v) is 18.3. The van der Waals surface area contributed by atoms with Crippen LogP contribution in [0.15, 0.2) is 59.8 Å². The van der Waals surface area contributed by atoms with E-state index in [-0.39, 0.29) is 30.9 Å². The molecule has 0 radical (unpaired) electrons. The normalized spacial score (nSPS) is 20.5. The van der Waals surface area contributed by atoms with Crippen molar-refractivity contribution < 1.29 is 23.9 Å². The Morgan fingerprint density at radius 1 is 1.10 bits per heavy atom. The van der Waals surface area contributed by atoms with Crippen LogP contribution in [0.1, 0.15) is 49.3 Å². The summed E-state index contributed by atoms with van der Waals surface area (Å²) in [5.74, 6) is -0.834. The molecule has 1 aliphatic carbocycles. The van der Waals surface area contributed by atoms with E-state index in [2.05, 4.69) is 5.16 Å². The number of oxime groups is 1. The first kappa shape index (κ1) is 22.5. The van der Waals surface area contributed by atoms with Crippen LogP contribution >= 0.6 is 0 Å². The highest BCUT2D eigenvalue weighted by atomic mass is 16.6. The number of nitrogens with zero attached hydrogens (tertiary/aromatic N) is 1. The quantitative estimate of drug-likeness (QED) is 0.357. The molecule has 2 aromatic carbocycles. The first-order valence-electron chi connectivity index (χ1n) is 10.5. The molecule has 164 valence electrons. The number of benzene rings is 2. The van der Waals surface area contributed by atoms with Gasteiger partial charge in [0.2, 0.25) is 0 Å². The second-order valence-corrected chi connectivity index (χ2v) is 7.80. The minimum Gasteiger partial charge on any atom is -0.469 e. The van der Waals surface area contributed by atoms with Crippen LogP contribution in [-0.4, -0.2) is 31.4 Å². The molecule has 0 fully saturated rings. The van der Waals surface area contributed by atoms with Crippen molar-refractivity contribution in [2.45, 2.75) is 45.6 Å². The average molecular weight is 424 g/mol. The Morgan fingerprint density at radius 3 is 2.52 bits per heavy atom. The molecule has 0 spiro atoms. The molecule has 3 rings (SSSR count). The van der Waals surface area contributed by atoms with Gasteiger partial charge in [0, 0.05) is 0 Å². The van der Waals surface area contributed by atoms with Crippen molar-refractivity contribution in [3.8, 4) is 0 Å². The molecule has 0 saturated heterocycles. The molecule has 31 heavy (non-hydrogen) atoms. The molecule has 0 bridgehead atoms. The Hall–Kier alpha value is -3.15. The number of hydrogen-bond donors (Lipinski definition) is 0. The third-order valence-electron chi connectivity index (χ3n) is 5.86. The van der Waals surface area contributed by atoms with E-state index in [1.165, 1.54) is 7.11 Å². The van der Waals surface area contributed by atoms with Gasteiger partial charge in [0.15, 0.2) is 0 Å². The van der Waals surface area contributed by atoms with Gasteiger partial charge in [-0.2, -0.15) is 0 Å². The van der Waals surface area contributed by atoms with Gasteiger partial charge in [0.1, 0.15) is 12.0 Å². The Kier molecular flexibility index (Phi) is 7.45. The van der Waals surface area contributed by atoms with Crippen LogP contribution < -0.4 is 0 Å². The summed E-state index contributed by atoms with van der Waals surface area (Å²) in [6.07, 6.45) is 1.04. The summed E-state index contributed by atoms with van der Waals surface area (Å²) in [5, 5.41) is 4.32. The number of ether oxygens (including phenoxy) is 2. The SMILES string of the molecule is CCOC(=O)C1(/C(C)=N\OCc2ccccc2)Cc2ccccc2C(CC(=O)OC)C1. The molecule has 0 N–H and O–H groups in total. The monoisotopic (exact) mass is 423 g/mol. The summed E-state index contributed by atoms with van der Waals surface area (Å²) in [6, 6.07) is 17.6. The maximum absolute atomic E-state index is 13.2. The smallest absolute Gasteiger partial charge is 0.318 e. The Bertz CT molecular complexity index is 940. The zero-order valence-electron chi connectivity index (χ0n) is 18.3. The number of hydrogen-bond acceptors (Lipinski definition) is 6. The fourth-order valence-electron chi connectivity index (χ4n) is 4.20. The lowest BCUT2D eigenvalue weighted by Crippen LogP contribution is -2.45. The maximum Gasteiger partial charge on any atom is 0.318 e. The van der Waals surface area contributed by atoms with Crippen LogP contribution in [0.25, 0.3) is 0 Å². The fourth-order valence-corrected chi connectivity index (χ4v) is 4.20. The van der Waals surface area contributed by atoms with Gasteiger partial charge in [-0.05, 0) is 49.3 Å². The van der Waals surface area contributed by atoms with Crippen molar-refractivity contribution in [1.82, 2.24) is 0 Å². The van der Waals surface area contributed by atoms with Gasteiger partial charge in [-0.25, -0.2) is 0 Å². The maximum atomic E-state index is 13.2. The van der Waals surface area contributed by atoms with Crippen molar-refractivity contribution in [1.29, 1.82) is 0 Å². The van der Waals surface area contributed by atoms with E-state index in [0.717, 1.165) is 16.7 Å². The van der Waals surface area contributed by atoms with Gasteiger partial charge in [0.25, 0.3) is 0 Å². The van der Waals surface area contributed by atoms with Crippen molar-refractivity contribution >= 4 is 17.7 Å². The van der Waals surface area contributed by atoms with E-state index in [1.54, 1.807) is 13.8 Å². The topological polar surface area (TPSA) is 74.2 Å². The van der Waals surface area contributed by atoms with Crippen LogP contribution in [0, 0.1) is 5.41 Å². The number of carbonyl (C=O) groups excluding carboxylic acids is 2. The van der Waals surface area contributed by atoms with Crippen molar-refractivity contribution in [3.05, 3.63) is 71.3 Å². The second kappa shape index (κ2) is 10.2. The van der Waals surface area contributed by atoms with Crippen molar-refractivity contribution in [2.24, 2.45) is 10.6 Å². The average Bonchev–Trinajstić information content (AvgIpc) is 2.79. The van der Waals surface area contributed by atoms with E-state index in [0.29, 0.717) is 25.2 Å². The van der Waals surface area contributed by atoms with Gasteiger partial charge in [-0.1, -0.05) is 59.8 Å². The lowest BCUT2D eigenvalue weighted by molar-refractivity contribution is -0.153. The summed E-state index contributed by atoms with van der Waals surface area (Å²) in [6.45, 7) is 4.15. The minimum absolute atomic E-state index is 0.180. The number of fused-ring (bicyclic) bond motifs is 1. The predicted molar refractivity (Wildman–Crippen MR) is 118 cm³/mol. The third kappa shape index (κ3) is 5.13. The summed E-state index contributed by atoms with van der Waals surface area (Å²) >= 11 is 0. The highest BCUT2D eigenvalue weighted by Crippen LogP contribution is 2.46. The molecule has 2 atom stereocenters. The molecule has 1 aliphatic rings. The molecule has 0 amide bonds. The predicted octanol–water partition coefficient (Wildman–Crippen LogP) is 4.42. The van der Waals surface area contributed by atoms with Gasteiger partial charge in [-0.15, -0.1) is 0 Å². The van der Waals surface area contributed by atoms with E-state index >= 15 is 0 Å². The van der Waals surface area contributed by atoms with E-state index < -0.39 is 5.41 Å². The van der Waals surface area contributed by atoms with Crippen molar-refractivity contribution in [2.75, 3.05) is 13.7 Å².